The van der Waals surface area contributed by atoms with Crippen molar-refractivity contribution < 1.29 is 14.2 Å². The van der Waals surface area contributed by atoms with Gasteiger partial charge in [-0.2, -0.15) is 0 Å². The van der Waals surface area contributed by atoms with Gasteiger partial charge in [0.05, 0.1) is 37.8 Å². The van der Waals surface area contributed by atoms with Crippen molar-refractivity contribution in [2.45, 2.75) is 23.9 Å². The Hall–Kier alpha value is -2.03. The Kier molecular flexibility index (Phi) is 7.21. The number of rotatable bonds is 8. The van der Waals surface area contributed by atoms with Crippen LogP contribution in [0.5, 0.6) is 11.5 Å². The van der Waals surface area contributed by atoms with E-state index < -0.39 is 0 Å². The van der Waals surface area contributed by atoms with Crippen LogP contribution in [0.1, 0.15) is 18.5 Å². The van der Waals surface area contributed by atoms with E-state index in [0.717, 1.165) is 10.0 Å². The minimum atomic E-state index is -0.138. The van der Waals surface area contributed by atoms with Gasteiger partial charge in [0.25, 0.3) is 5.56 Å². The van der Waals surface area contributed by atoms with Crippen LogP contribution in [0, 0.1) is 0 Å². The Morgan fingerprint density at radius 3 is 2.52 bits per heavy atom. The molecule has 154 valence electrons. The Balaban J connectivity index is 2.01. The smallest absolute Gasteiger partial charge is 0.262 e. The molecule has 3 rings (SSSR count). The fourth-order valence-electron chi connectivity index (χ4n) is 3.08. The number of nitrogens with zero attached hydrogens (tertiary/aromatic N) is 2. The van der Waals surface area contributed by atoms with E-state index in [0.29, 0.717) is 39.9 Å². The molecule has 0 saturated heterocycles. The van der Waals surface area contributed by atoms with E-state index in [1.54, 1.807) is 32.0 Å². The molecule has 0 radical (unpaired) electrons. The minimum absolute atomic E-state index is 0.0611. The van der Waals surface area contributed by atoms with Crippen LogP contribution in [0.3, 0.4) is 0 Å². The molecule has 2 aromatic carbocycles. The second-order valence-corrected chi connectivity index (χ2v) is 8.28. The summed E-state index contributed by atoms with van der Waals surface area (Å²) in [5.74, 6) is 1.91. The van der Waals surface area contributed by atoms with Crippen molar-refractivity contribution in [1.82, 2.24) is 9.55 Å². The van der Waals surface area contributed by atoms with Gasteiger partial charge in [-0.1, -0.05) is 39.8 Å². The minimum Gasteiger partial charge on any atom is -0.493 e. The highest BCUT2D eigenvalue weighted by atomic mass is 79.9. The van der Waals surface area contributed by atoms with Gasteiger partial charge in [-0.15, -0.1) is 0 Å². The predicted octanol–water partition coefficient (Wildman–Crippen LogP) is 4.68. The van der Waals surface area contributed by atoms with Gasteiger partial charge in [-0.05, 0) is 36.8 Å². The number of hydrogen-bond acceptors (Lipinski definition) is 6. The first-order valence-corrected chi connectivity index (χ1v) is 10.8. The highest BCUT2D eigenvalue weighted by molar-refractivity contribution is 9.10. The van der Waals surface area contributed by atoms with Gasteiger partial charge >= 0.3 is 0 Å². The summed E-state index contributed by atoms with van der Waals surface area (Å²) in [6.45, 7) is 2.38. The van der Waals surface area contributed by atoms with Gasteiger partial charge in [0.15, 0.2) is 16.7 Å². The number of ether oxygens (including phenoxy) is 3. The molecule has 1 heterocycles. The molecule has 0 bridgehead atoms. The van der Waals surface area contributed by atoms with Gasteiger partial charge in [0, 0.05) is 17.3 Å². The van der Waals surface area contributed by atoms with Crippen LogP contribution in [-0.4, -0.2) is 37.5 Å². The summed E-state index contributed by atoms with van der Waals surface area (Å²) in [7, 11) is 4.84. The highest BCUT2D eigenvalue weighted by Gasteiger charge is 2.18. The summed E-state index contributed by atoms with van der Waals surface area (Å²) >= 11 is 5.09. The Morgan fingerprint density at radius 2 is 1.83 bits per heavy atom. The van der Waals surface area contributed by atoms with E-state index >= 15 is 0 Å². The lowest BCUT2D eigenvalue weighted by atomic mass is 10.2. The van der Waals surface area contributed by atoms with E-state index in [2.05, 4.69) is 15.9 Å². The first-order valence-electron chi connectivity index (χ1n) is 9.03. The maximum Gasteiger partial charge on any atom is 0.262 e. The normalized spacial score (nSPS) is 12.2. The zero-order valence-corrected chi connectivity index (χ0v) is 19.2. The third-order valence-electron chi connectivity index (χ3n) is 4.53. The molecule has 0 saturated carbocycles. The molecule has 6 nitrogen and oxygen atoms in total. The van der Waals surface area contributed by atoms with E-state index in [1.807, 2.05) is 37.3 Å². The van der Waals surface area contributed by atoms with Crippen molar-refractivity contribution in [3.8, 4) is 11.5 Å². The quantitative estimate of drug-likeness (QED) is 0.346. The Bertz CT molecular complexity index is 1070. The lowest BCUT2D eigenvalue weighted by molar-refractivity contribution is 0.156. The Labute approximate surface area is 182 Å². The second kappa shape index (κ2) is 9.65. The van der Waals surface area contributed by atoms with E-state index in [-0.39, 0.29) is 11.6 Å². The maximum absolute atomic E-state index is 13.1. The molecule has 0 spiro atoms. The van der Waals surface area contributed by atoms with Crippen molar-refractivity contribution in [2.24, 2.45) is 0 Å². The molecule has 29 heavy (non-hydrogen) atoms. The number of para-hydroxylation sites is 1. The van der Waals surface area contributed by atoms with Gasteiger partial charge in [-0.25, -0.2) is 4.98 Å². The van der Waals surface area contributed by atoms with Crippen molar-refractivity contribution in [2.75, 3.05) is 27.9 Å². The summed E-state index contributed by atoms with van der Waals surface area (Å²) in [5, 5.41) is 1.26. The summed E-state index contributed by atoms with van der Waals surface area (Å²) in [5.41, 5.74) is 1.64. The average Bonchev–Trinajstić information content (AvgIpc) is 2.72. The average molecular weight is 479 g/mol. The van der Waals surface area contributed by atoms with Crippen LogP contribution >= 0.6 is 27.7 Å². The number of fused-ring (bicyclic) bond motifs is 1. The SMILES string of the molecule is COC[C@@H](C)n1c(SCc2cc(OC)c(OC)cc2Br)nc2ccccc2c1=O. The second-order valence-electron chi connectivity index (χ2n) is 6.48. The molecule has 8 heteroatoms. The molecular formula is C21H23BrN2O4S. The standard InChI is InChI=1S/C21H23BrN2O4S/c1-13(11-26-2)24-20(25)15-7-5-6-8-17(15)23-21(24)29-12-14-9-18(27-3)19(28-4)10-16(14)22/h5-10,13H,11-12H2,1-4H3/t13-/m1/s1. The number of benzene rings is 2. The molecular weight excluding hydrogens is 456 g/mol. The number of aromatic nitrogens is 2. The molecule has 0 unspecified atom stereocenters. The Morgan fingerprint density at radius 1 is 1.14 bits per heavy atom. The monoisotopic (exact) mass is 478 g/mol. The van der Waals surface area contributed by atoms with Gasteiger partial charge in [0.1, 0.15) is 0 Å². The van der Waals surface area contributed by atoms with Crippen LogP contribution in [-0.2, 0) is 10.5 Å². The van der Waals surface area contributed by atoms with Gasteiger partial charge in [0.2, 0.25) is 0 Å². The fourth-order valence-corrected chi connectivity index (χ4v) is 4.82. The first-order chi connectivity index (χ1) is 14.0. The number of thioether (sulfide) groups is 1. The lowest BCUT2D eigenvalue weighted by Crippen LogP contribution is -2.28. The molecule has 1 aromatic heterocycles. The van der Waals surface area contributed by atoms with Crippen LogP contribution in [0.2, 0.25) is 0 Å². The number of methoxy groups -OCH3 is 3. The first kappa shape index (κ1) is 21.7. The molecule has 0 aliphatic heterocycles. The molecule has 0 N–H and O–H groups in total. The van der Waals surface area contributed by atoms with Crippen molar-refractivity contribution >= 4 is 38.6 Å². The number of halogens is 1. The van der Waals surface area contributed by atoms with Crippen LogP contribution in [0.25, 0.3) is 10.9 Å². The van der Waals surface area contributed by atoms with Crippen LogP contribution in [0.4, 0.5) is 0 Å². The zero-order chi connectivity index (χ0) is 21.0. The van der Waals surface area contributed by atoms with Crippen molar-refractivity contribution in [3.63, 3.8) is 0 Å². The number of hydrogen-bond donors (Lipinski definition) is 0. The van der Waals surface area contributed by atoms with Crippen LogP contribution < -0.4 is 15.0 Å². The van der Waals surface area contributed by atoms with Crippen LogP contribution in [0.15, 0.2) is 50.8 Å². The molecule has 1 atom stereocenters. The zero-order valence-electron chi connectivity index (χ0n) is 16.8. The summed E-state index contributed by atoms with van der Waals surface area (Å²) in [6, 6.07) is 11.1. The van der Waals surface area contributed by atoms with E-state index in [1.165, 1.54) is 11.8 Å². The van der Waals surface area contributed by atoms with E-state index in [4.69, 9.17) is 19.2 Å². The van der Waals surface area contributed by atoms with E-state index in [9.17, 15) is 4.79 Å². The summed E-state index contributed by atoms with van der Waals surface area (Å²) in [6.07, 6.45) is 0. The lowest BCUT2D eigenvalue weighted by Gasteiger charge is -2.19. The van der Waals surface area contributed by atoms with Crippen molar-refractivity contribution in [3.05, 3.63) is 56.8 Å². The molecule has 0 aliphatic rings. The largest absolute Gasteiger partial charge is 0.493 e. The third-order valence-corrected chi connectivity index (χ3v) is 6.27. The molecule has 0 fully saturated rings. The van der Waals surface area contributed by atoms with Crippen molar-refractivity contribution in [1.29, 1.82) is 0 Å². The van der Waals surface area contributed by atoms with Gasteiger partial charge < -0.3 is 14.2 Å². The molecule has 0 aliphatic carbocycles. The highest BCUT2D eigenvalue weighted by Crippen LogP contribution is 2.36. The topological polar surface area (TPSA) is 62.6 Å². The third kappa shape index (κ3) is 4.60. The maximum atomic E-state index is 13.1. The molecule has 3 aromatic rings. The fraction of sp³-hybridized carbons (Fsp3) is 0.333. The summed E-state index contributed by atoms with van der Waals surface area (Å²) < 4.78 is 18.7. The van der Waals surface area contributed by atoms with Gasteiger partial charge in [-0.3, -0.25) is 9.36 Å². The molecule has 0 amide bonds. The summed E-state index contributed by atoms with van der Waals surface area (Å²) in [4.78, 5) is 17.9. The predicted molar refractivity (Wildman–Crippen MR) is 119 cm³/mol.